The number of ether oxygens (including phenoxy) is 2. The maximum atomic E-state index is 14.2. The predicted octanol–water partition coefficient (Wildman–Crippen LogP) is 5.30. The number of allylic oxidation sites excluding steroid dienone is 3. The molecule has 7 heteroatoms. The smallest absolute Gasteiger partial charge is 0.196 e. The Labute approximate surface area is 193 Å². The van der Waals surface area contributed by atoms with Gasteiger partial charge in [0.05, 0.1) is 31.3 Å². The first-order chi connectivity index (χ1) is 15.9. The highest BCUT2D eigenvalue weighted by Crippen LogP contribution is 2.40. The summed E-state index contributed by atoms with van der Waals surface area (Å²) in [6.45, 7) is 2.44. The van der Waals surface area contributed by atoms with Crippen LogP contribution in [0.15, 0.2) is 35.6 Å². The lowest BCUT2D eigenvalue weighted by Gasteiger charge is -2.35. The Hall–Kier alpha value is -3.27. The molecule has 0 amide bonds. The van der Waals surface area contributed by atoms with E-state index >= 15 is 0 Å². The monoisotopic (exact) mass is 453 g/mol. The Balaban J connectivity index is 1.62. The van der Waals surface area contributed by atoms with Crippen molar-refractivity contribution in [3.05, 3.63) is 46.8 Å². The van der Waals surface area contributed by atoms with E-state index in [1.807, 2.05) is 23.0 Å². The molecule has 1 aliphatic heterocycles. The number of halogens is 2. The number of aromatic nitrogens is 1. The second kappa shape index (κ2) is 9.70. The van der Waals surface area contributed by atoms with Crippen LogP contribution in [-0.2, 0) is 12.8 Å². The second-order valence-electron chi connectivity index (χ2n) is 8.47. The normalized spacial score (nSPS) is 17.5. The van der Waals surface area contributed by atoms with Crippen LogP contribution in [0.1, 0.15) is 37.4 Å². The van der Waals surface area contributed by atoms with Gasteiger partial charge in [-0.25, -0.2) is 4.39 Å². The maximum absolute atomic E-state index is 14.2. The molecule has 2 aliphatic rings. The van der Waals surface area contributed by atoms with E-state index in [2.05, 4.69) is 5.32 Å². The fourth-order valence-corrected chi connectivity index (χ4v) is 4.78. The summed E-state index contributed by atoms with van der Waals surface area (Å²) in [7, 11) is 3.25. The fourth-order valence-electron chi connectivity index (χ4n) is 4.78. The summed E-state index contributed by atoms with van der Waals surface area (Å²) in [6.07, 6.45) is 11.0. The van der Waals surface area contributed by atoms with Crippen molar-refractivity contribution in [2.24, 2.45) is 0 Å². The summed E-state index contributed by atoms with van der Waals surface area (Å²) in [5.41, 5.74) is 4.49. The highest BCUT2D eigenvalue weighted by atomic mass is 19.1. The van der Waals surface area contributed by atoms with Crippen LogP contribution >= 0.6 is 0 Å². The van der Waals surface area contributed by atoms with E-state index in [-0.39, 0.29) is 11.7 Å². The molecule has 1 N–H and O–H groups in total. The molecular weight excluding hydrogens is 424 g/mol. The number of hydrogen-bond acceptors (Lipinski definition) is 5. The van der Waals surface area contributed by atoms with Gasteiger partial charge in [-0.15, -0.1) is 6.42 Å². The highest BCUT2D eigenvalue weighted by Gasteiger charge is 2.26. The van der Waals surface area contributed by atoms with Crippen LogP contribution in [0.3, 0.4) is 0 Å². The van der Waals surface area contributed by atoms with Crippen molar-refractivity contribution in [3.63, 3.8) is 0 Å². The van der Waals surface area contributed by atoms with Crippen molar-refractivity contribution in [2.45, 2.75) is 45.1 Å². The van der Waals surface area contributed by atoms with Gasteiger partial charge >= 0.3 is 0 Å². The lowest BCUT2D eigenvalue weighted by atomic mass is 10.0. The molecule has 2 aromatic rings. The molecular formula is C26H29F2N3O2. The first-order valence-corrected chi connectivity index (χ1v) is 11.2. The first kappa shape index (κ1) is 22.9. The molecule has 2 heterocycles. The third-order valence-electron chi connectivity index (χ3n) is 6.39. The van der Waals surface area contributed by atoms with Crippen molar-refractivity contribution < 1.29 is 18.3 Å². The third kappa shape index (κ3) is 4.61. The Kier molecular flexibility index (Phi) is 6.73. The van der Waals surface area contributed by atoms with Gasteiger partial charge < -0.3 is 19.7 Å². The number of rotatable bonds is 6. The molecule has 1 aromatic carbocycles. The summed E-state index contributed by atoms with van der Waals surface area (Å²) >= 11 is 0. The Morgan fingerprint density at radius 2 is 1.88 bits per heavy atom. The van der Waals surface area contributed by atoms with Gasteiger partial charge in [-0.1, -0.05) is 0 Å². The molecule has 1 fully saturated rings. The summed E-state index contributed by atoms with van der Waals surface area (Å²) < 4.78 is 38.7. The molecule has 5 nitrogen and oxygen atoms in total. The van der Waals surface area contributed by atoms with E-state index in [4.69, 9.17) is 20.9 Å². The average molecular weight is 454 g/mol. The number of nitrogens with zero attached hydrogens (tertiary/aromatic N) is 2. The SMILES string of the molecule is C#C/C(F)=C(\C=C(/C)F)N1CCC(Nc2c3c(nc4cc(OC)c(OC)cc24)CCC3)CC1. The number of hydrogen-bond donors (Lipinski definition) is 1. The molecule has 0 spiro atoms. The van der Waals surface area contributed by atoms with Crippen LogP contribution in [0, 0.1) is 12.3 Å². The summed E-state index contributed by atoms with van der Waals surface area (Å²) in [4.78, 5) is 6.71. The third-order valence-corrected chi connectivity index (χ3v) is 6.39. The van der Waals surface area contributed by atoms with E-state index in [1.54, 1.807) is 14.2 Å². The topological polar surface area (TPSA) is 46.6 Å². The summed E-state index contributed by atoms with van der Waals surface area (Å²) in [5, 5.41) is 4.76. The number of nitrogens with one attached hydrogen (secondary N) is 1. The van der Waals surface area contributed by atoms with E-state index in [0.717, 1.165) is 54.4 Å². The summed E-state index contributed by atoms with van der Waals surface area (Å²) in [5.74, 6) is 2.11. The number of anilines is 1. The van der Waals surface area contributed by atoms with E-state index in [1.165, 1.54) is 18.6 Å². The molecule has 4 rings (SSSR count). The predicted molar refractivity (Wildman–Crippen MR) is 127 cm³/mol. The van der Waals surface area contributed by atoms with Gasteiger partial charge in [0.25, 0.3) is 0 Å². The lowest BCUT2D eigenvalue weighted by Crippen LogP contribution is -2.38. The van der Waals surface area contributed by atoms with Crippen LogP contribution in [0.2, 0.25) is 0 Å². The van der Waals surface area contributed by atoms with Crippen molar-refractivity contribution in [2.75, 3.05) is 32.6 Å². The Morgan fingerprint density at radius 3 is 2.52 bits per heavy atom. The van der Waals surface area contributed by atoms with Crippen LogP contribution in [-0.4, -0.2) is 43.2 Å². The fraction of sp³-hybridized carbons (Fsp3) is 0.423. The highest BCUT2D eigenvalue weighted by molar-refractivity contribution is 5.96. The van der Waals surface area contributed by atoms with Crippen molar-refractivity contribution in [1.82, 2.24) is 9.88 Å². The average Bonchev–Trinajstić information content (AvgIpc) is 3.30. The molecule has 33 heavy (non-hydrogen) atoms. The van der Waals surface area contributed by atoms with Gasteiger partial charge in [0.15, 0.2) is 17.3 Å². The number of methoxy groups -OCH3 is 2. The number of piperidine rings is 1. The minimum atomic E-state index is -0.739. The second-order valence-corrected chi connectivity index (χ2v) is 8.47. The first-order valence-electron chi connectivity index (χ1n) is 11.2. The minimum absolute atomic E-state index is 0.142. The molecule has 174 valence electrons. The van der Waals surface area contributed by atoms with Gasteiger partial charge in [0.2, 0.25) is 0 Å². The standard InChI is InChI=1S/C26H29F2N3O2/c1-5-20(28)23(13-16(2)27)31-11-9-17(10-12-31)29-26-18-7-6-8-21(18)30-22-15-25(33-4)24(32-3)14-19(22)26/h1,13-15,17H,6-12H2,2-4H3,(H,29,30)/b16-13+,23-20-. The number of benzene rings is 1. The zero-order valence-electron chi connectivity index (χ0n) is 19.3. The van der Waals surface area contributed by atoms with Crippen LogP contribution < -0.4 is 14.8 Å². The van der Waals surface area contributed by atoms with Gasteiger partial charge in [0.1, 0.15) is 0 Å². The van der Waals surface area contributed by atoms with Crippen LogP contribution in [0.5, 0.6) is 11.5 Å². The molecule has 0 atom stereocenters. The molecule has 0 radical (unpaired) electrons. The van der Waals surface area contributed by atoms with Crippen molar-refractivity contribution in [3.8, 4) is 23.8 Å². The lowest BCUT2D eigenvalue weighted by molar-refractivity contribution is 0.272. The quantitative estimate of drug-likeness (QED) is 0.475. The van der Waals surface area contributed by atoms with E-state index < -0.39 is 11.7 Å². The Morgan fingerprint density at radius 1 is 1.18 bits per heavy atom. The molecule has 0 unspecified atom stereocenters. The van der Waals surface area contributed by atoms with Crippen LogP contribution in [0.25, 0.3) is 10.9 Å². The number of terminal acetylenes is 1. The largest absolute Gasteiger partial charge is 0.493 e. The van der Waals surface area contributed by atoms with E-state index in [0.29, 0.717) is 24.6 Å². The number of pyridine rings is 1. The van der Waals surface area contributed by atoms with E-state index in [9.17, 15) is 8.78 Å². The molecule has 0 bridgehead atoms. The zero-order valence-corrected chi connectivity index (χ0v) is 19.3. The zero-order chi connectivity index (χ0) is 23.5. The molecule has 1 aliphatic carbocycles. The summed E-state index contributed by atoms with van der Waals surface area (Å²) in [6, 6.07) is 4.09. The van der Waals surface area contributed by atoms with Gasteiger partial charge in [-0.3, -0.25) is 4.98 Å². The van der Waals surface area contributed by atoms with Crippen molar-refractivity contribution in [1.29, 1.82) is 0 Å². The van der Waals surface area contributed by atoms with Crippen LogP contribution in [0.4, 0.5) is 14.5 Å². The Bertz CT molecular complexity index is 1150. The van der Waals surface area contributed by atoms with Crippen molar-refractivity contribution >= 4 is 16.6 Å². The number of likely N-dealkylation sites (tertiary alicyclic amines) is 1. The number of aryl methyl sites for hydroxylation is 1. The van der Waals surface area contributed by atoms with Gasteiger partial charge in [-0.2, -0.15) is 4.39 Å². The van der Waals surface area contributed by atoms with Gasteiger partial charge in [0, 0.05) is 42.0 Å². The minimum Gasteiger partial charge on any atom is -0.493 e. The van der Waals surface area contributed by atoms with Gasteiger partial charge in [-0.05, 0) is 62.7 Å². The maximum Gasteiger partial charge on any atom is 0.196 e. The number of fused-ring (bicyclic) bond motifs is 2. The molecule has 1 saturated heterocycles. The molecule has 0 saturated carbocycles. The molecule has 1 aromatic heterocycles.